The summed E-state index contributed by atoms with van der Waals surface area (Å²) in [7, 11) is 1.77. The van der Waals surface area contributed by atoms with Crippen molar-refractivity contribution in [2.24, 2.45) is 0 Å². The quantitative estimate of drug-likeness (QED) is 0.899. The Morgan fingerprint density at radius 2 is 2.26 bits per heavy atom. The highest BCUT2D eigenvalue weighted by Crippen LogP contribution is 2.18. The number of aromatic nitrogens is 2. The lowest BCUT2D eigenvalue weighted by Crippen LogP contribution is -2.26. The van der Waals surface area contributed by atoms with E-state index in [0.717, 1.165) is 10.7 Å². The zero-order valence-electron chi connectivity index (χ0n) is 11.1. The smallest absolute Gasteiger partial charge is 0.252 e. The van der Waals surface area contributed by atoms with Crippen molar-refractivity contribution >= 4 is 23.1 Å². The van der Waals surface area contributed by atoms with Crippen molar-refractivity contribution in [1.29, 1.82) is 0 Å². The first-order valence-electron chi connectivity index (χ1n) is 5.97. The molecule has 19 heavy (non-hydrogen) atoms. The van der Waals surface area contributed by atoms with Crippen LogP contribution in [0.15, 0.2) is 23.7 Å². The molecule has 0 saturated carbocycles. The molecule has 0 aliphatic rings. The highest BCUT2D eigenvalue weighted by molar-refractivity contribution is 7.09. The minimum atomic E-state index is -0.126. The Hall–Kier alpha value is -1.95. The minimum absolute atomic E-state index is 0.0996. The summed E-state index contributed by atoms with van der Waals surface area (Å²) in [5.41, 5.74) is 1.56. The maximum atomic E-state index is 12.1. The fraction of sp³-hybridized carbons (Fsp3) is 0.308. The van der Waals surface area contributed by atoms with Crippen LogP contribution in [-0.2, 0) is 0 Å². The Morgan fingerprint density at radius 1 is 1.47 bits per heavy atom. The third-order valence-electron chi connectivity index (χ3n) is 2.63. The molecule has 0 fully saturated rings. The van der Waals surface area contributed by atoms with Crippen molar-refractivity contribution < 1.29 is 4.79 Å². The number of anilines is 1. The number of carbonyl (C=O) groups is 1. The summed E-state index contributed by atoms with van der Waals surface area (Å²) < 4.78 is 0. The van der Waals surface area contributed by atoms with E-state index in [2.05, 4.69) is 20.6 Å². The van der Waals surface area contributed by atoms with Crippen LogP contribution in [0.2, 0.25) is 0 Å². The van der Waals surface area contributed by atoms with Crippen LogP contribution in [0.4, 0.5) is 5.82 Å². The number of pyridine rings is 1. The summed E-state index contributed by atoms with van der Waals surface area (Å²) in [6.07, 6.45) is 1.61. The van der Waals surface area contributed by atoms with Crippen molar-refractivity contribution in [3.63, 3.8) is 0 Å². The molecule has 1 unspecified atom stereocenters. The monoisotopic (exact) mass is 276 g/mol. The first kappa shape index (κ1) is 13.5. The van der Waals surface area contributed by atoms with Crippen molar-refractivity contribution in [3.8, 4) is 0 Å². The van der Waals surface area contributed by atoms with Crippen molar-refractivity contribution in [2.75, 3.05) is 12.4 Å². The number of amides is 1. The molecule has 0 aliphatic heterocycles. The molecule has 1 atom stereocenters. The van der Waals surface area contributed by atoms with Crippen molar-refractivity contribution in [2.45, 2.75) is 19.9 Å². The number of carbonyl (C=O) groups excluding carboxylic acids is 1. The minimum Gasteiger partial charge on any atom is -0.373 e. The number of nitrogens with one attached hydrogen (secondary N) is 2. The zero-order valence-corrected chi connectivity index (χ0v) is 11.9. The molecular formula is C13H16N4OS. The predicted molar refractivity (Wildman–Crippen MR) is 76.5 cm³/mol. The van der Waals surface area contributed by atoms with E-state index in [-0.39, 0.29) is 11.9 Å². The van der Waals surface area contributed by atoms with Gasteiger partial charge in [-0.05, 0) is 26.0 Å². The number of hydrogen-bond donors (Lipinski definition) is 2. The lowest BCUT2D eigenvalue weighted by molar-refractivity contribution is 0.0939. The number of nitrogens with zero attached hydrogens (tertiary/aromatic N) is 2. The lowest BCUT2D eigenvalue weighted by atomic mass is 10.2. The van der Waals surface area contributed by atoms with Gasteiger partial charge in [0.05, 0.1) is 6.04 Å². The normalized spacial score (nSPS) is 11.9. The molecule has 0 radical (unpaired) electrons. The molecule has 2 aromatic rings. The molecule has 2 rings (SSSR count). The van der Waals surface area contributed by atoms with Crippen LogP contribution in [0.1, 0.15) is 34.0 Å². The number of aryl methyl sites for hydroxylation is 1. The van der Waals surface area contributed by atoms with Crippen molar-refractivity contribution in [1.82, 2.24) is 15.3 Å². The van der Waals surface area contributed by atoms with Gasteiger partial charge in [-0.3, -0.25) is 4.79 Å². The average Bonchev–Trinajstić information content (AvgIpc) is 2.85. The highest BCUT2D eigenvalue weighted by atomic mass is 32.1. The SMILES string of the molecule is CNc1cc(C(=O)NC(C)c2nc(C)cs2)ccn1. The second kappa shape index (κ2) is 5.79. The molecule has 0 aliphatic carbocycles. The summed E-state index contributed by atoms with van der Waals surface area (Å²) in [5.74, 6) is 0.546. The topological polar surface area (TPSA) is 66.9 Å². The lowest BCUT2D eigenvalue weighted by Gasteiger charge is -2.11. The second-order valence-electron chi connectivity index (χ2n) is 4.20. The van der Waals surface area contributed by atoms with Crippen LogP contribution in [0, 0.1) is 6.92 Å². The number of thiazole rings is 1. The summed E-state index contributed by atoms with van der Waals surface area (Å²) in [5, 5.41) is 8.73. The molecular weight excluding hydrogens is 260 g/mol. The van der Waals surface area contributed by atoms with Crippen LogP contribution in [-0.4, -0.2) is 22.9 Å². The Bertz CT molecular complexity index is 582. The van der Waals surface area contributed by atoms with Gasteiger partial charge in [-0.15, -0.1) is 11.3 Å². The van der Waals surface area contributed by atoms with Crippen LogP contribution < -0.4 is 10.6 Å². The molecule has 2 N–H and O–H groups in total. The largest absolute Gasteiger partial charge is 0.373 e. The Balaban J connectivity index is 2.08. The zero-order chi connectivity index (χ0) is 13.8. The Kier molecular flexibility index (Phi) is 4.11. The van der Waals surface area contributed by atoms with E-state index >= 15 is 0 Å². The summed E-state index contributed by atoms with van der Waals surface area (Å²) in [4.78, 5) is 20.6. The van der Waals surface area contributed by atoms with Gasteiger partial charge in [-0.1, -0.05) is 0 Å². The van der Waals surface area contributed by atoms with Crippen molar-refractivity contribution in [3.05, 3.63) is 40.0 Å². The number of rotatable bonds is 4. The van der Waals surface area contributed by atoms with Gasteiger partial charge in [0, 0.05) is 29.9 Å². The first-order valence-corrected chi connectivity index (χ1v) is 6.85. The van der Waals surface area contributed by atoms with Gasteiger partial charge in [-0.2, -0.15) is 0 Å². The average molecular weight is 276 g/mol. The highest BCUT2D eigenvalue weighted by Gasteiger charge is 2.14. The van der Waals surface area contributed by atoms with E-state index in [1.165, 1.54) is 0 Å². The maximum Gasteiger partial charge on any atom is 0.252 e. The fourth-order valence-corrected chi connectivity index (χ4v) is 2.43. The third kappa shape index (κ3) is 3.29. The second-order valence-corrected chi connectivity index (χ2v) is 5.09. The van der Waals surface area contributed by atoms with Crippen LogP contribution in [0.3, 0.4) is 0 Å². The fourth-order valence-electron chi connectivity index (χ4n) is 1.62. The molecule has 1 amide bonds. The van der Waals surface area contributed by atoms with E-state index in [1.807, 2.05) is 19.2 Å². The van der Waals surface area contributed by atoms with Gasteiger partial charge in [0.2, 0.25) is 0 Å². The number of hydrogen-bond acceptors (Lipinski definition) is 5. The molecule has 2 aromatic heterocycles. The molecule has 0 spiro atoms. The Morgan fingerprint density at radius 3 is 2.89 bits per heavy atom. The standard InChI is InChI=1S/C13H16N4OS/c1-8-7-19-13(16-8)9(2)17-12(18)10-4-5-15-11(6-10)14-3/h4-7,9H,1-3H3,(H,14,15)(H,17,18). The summed E-state index contributed by atoms with van der Waals surface area (Å²) in [6, 6.07) is 3.31. The molecule has 0 bridgehead atoms. The molecule has 6 heteroatoms. The van der Waals surface area contributed by atoms with Gasteiger partial charge < -0.3 is 10.6 Å². The summed E-state index contributed by atoms with van der Waals surface area (Å²) in [6.45, 7) is 3.87. The van der Waals surface area contributed by atoms with Gasteiger partial charge in [0.25, 0.3) is 5.91 Å². The van der Waals surface area contributed by atoms with Crippen LogP contribution >= 0.6 is 11.3 Å². The van der Waals surface area contributed by atoms with E-state index in [0.29, 0.717) is 11.4 Å². The maximum absolute atomic E-state index is 12.1. The summed E-state index contributed by atoms with van der Waals surface area (Å²) >= 11 is 1.55. The van der Waals surface area contributed by atoms with Crippen LogP contribution in [0.25, 0.3) is 0 Å². The van der Waals surface area contributed by atoms with Crippen LogP contribution in [0.5, 0.6) is 0 Å². The van der Waals surface area contributed by atoms with Gasteiger partial charge in [0.15, 0.2) is 0 Å². The van der Waals surface area contributed by atoms with Gasteiger partial charge in [0.1, 0.15) is 10.8 Å². The van der Waals surface area contributed by atoms with Gasteiger partial charge >= 0.3 is 0 Å². The molecule has 5 nitrogen and oxygen atoms in total. The molecule has 0 saturated heterocycles. The van der Waals surface area contributed by atoms with E-state index in [4.69, 9.17) is 0 Å². The Labute approximate surface area is 116 Å². The predicted octanol–water partition coefficient (Wildman–Crippen LogP) is 2.38. The molecule has 0 aromatic carbocycles. The third-order valence-corrected chi connectivity index (χ3v) is 3.78. The first-order chi connectivity index (χ1) is 9.10. The van der Waals surface area contributed by atoms with E-state index in [9.17, 15) is 4.79 Å². The van der Waals surface area contributed by atoms with E-state index in [1.54, 1.807) is 36.7 Å². The van der Waals surface area contributed by atoms with Gasteiger partial charge in [-0.25, -0.2) is 9.97 Å². The van der Waals surface area contributed by atoms with E-state index < -0.39 is 0 Å². The molecule has 2 heterocycles. The molecule has 100 valence electrons.